The minimum Gasteiger partial charge on any atom is -0.475 e. The van der Waals surface area contributed by atoms with Crippen LogP contribution in [-0.2, 0) is 0 Å². The molecule has 2 heterocycles. The standard InChI is InChI=1S/C12H17ClN4OS.HI/c13-10-2-1-3-15-11(10)18-7-4-16-12(14)17-5-8-19-9-6-17;/h1-3H,4-9H2,(H2,14,16);1H. The molecule has 112 valence electrons. The number of aliphatic imine (C=N–C) groups is 1. The maximum absolute atomic E-state index is 5.93. The van der Waals surface area contributed by atoms with Crippen LogP contribution in [0.25, 0.3) is 0 Å². The molecule has 2 rings (SSSR count). The van der Waals surface area contributed by atoms with Gasteiger partial charge in [-0.15, -0.1) is 24.0 Å². The lowest BCUT2D eigenvalue weighted by molar-refractivity contribution is 0.315. The quantitative estimate of drug-likeness (QED) is 0.344. The van der Waals surface area contributed by atoms with Gasteiger partial charge < -0.3 is 15.4 Å². The molecular weight excluding hydrogens is 411 g/mol. The van der Waals surface area contributed by atoms with Crippen LogP contribution in [0.15, 0.2) is 23.3 Å². The average molecular weight is 429 g/mol. The van der Waals surface area contributed by atoms with Gasteiger partial charge in [0.1, 0.15) is 11.6 Å². The summed E-state index contributed by atoms with van der Waals surface area (Å²) in [6.07, 6.45) is 1.64. The molecule has 0 spiro atoms. The van der Waals surface area contributed by atoms with Crippen molar-refractivity contribution in [1.29, 1.82) is 0 Å². The van der Waals surface area contributed by atoms with Crippen LogP contribution in [-0.4, -0.2) is 53.6 Å². The summed E-state index contributed by atoms with van der Waals surface area (Å²) >= 11 is 7.87. The van der Waals surface area contributed by atoms with Crippen LogP contribution in [0.1, 0.15) is 0 Å². The molecule has 0 atom stereocenters. The third-order valence-corrected chi connectivity index (χ3v) is 3.89. The average Bonchev–Trinajstić information content (AvgIpc) is 2.46. The van der Waals surface area contributed by atoms with Gasteiger partial charge >= 0.3 is 0 Å². The molecule has 8 heteroatoms. The number of hydrogen-bond acceptors (Lipinski definition) is 4. The first-order chi connectivity index (χ1) is 9.27. The van der Waals surface area contributed by atoms with Crippen LogP contribution in [0.5, 0.6) is 5.88 Å². The molecule has 0 bridgehead atoms. The van der Waals surface area contributed by atoms with Crippen LogP contribution in [0.3, 0.4) is 0 Å². The predicted molar refractivity (Wildman–Crippen MR) is 95.5 cm³/mol. The Morgan fingerprint density at radius 3 is 2.95 bits per heavy atom. The molecule has 0 saturated carbocycles. The zero-order valence-corrected chi connectivity index (χ0v) is 14.9. The van der Waals surface area contributed by atoms with E-state index in [1.54, 1.807) is 18.3 Å². The summed E-state index contributed by atoms with van der Waals surface area (Å²) in [5.41, 5.74) is 5.93. The molecule has 0 amide bonds. The summed E-state index contributed by atoms with van der Waals surface area (Å²) in [5, 5.41) is 0.507. The van der Waals surface area contributed by atoms with Gasteiger partial charge in [0.25, 0.3) is 0 Å². The molecule has 0 aromatic carbocycles. The van der Waals surface area contributed by atoms with Gasteiger partial charge in [-0.3, -0.25) is 0 Å². The fraction of sp³-hybridized carbons (Fsp3) is 0.500. The molecular formula is C12H18ClIN4OS. The normalized spacial score (nSPS) is 15.7. The molecule has 1 fully saturated rings. The SMILES string of the molecule is I.NC(=NCCOc1ncccc1Cl)N1CCSCC1. The molecule has 1 saturated heterocycles. The lowest BCUT2D eigenvalue weighted by Gasteiger charge is -2.27. The highest BCUT2D eigenvalue weighted by molar-refractivity contribution is 14.0. The van der Waals surface area contributed by atoms with Crippen molar-refractivity contribution in [2.24, 2.45) is 10.7 Å². The van der Waals surface area contributed by atoms with Gasteiger partial charge in [-0.1, -0.05) is 11.6 Å². The maximum atomic E-state index is 5.93. The summed E-state index contributed by atoms with van der Waals surface area (Å²) < 4.78 is 5.45. The van der Waals surface area contributed by atoms with Crippen molar-refractivity contribution in [3.05, 3.63) is 23.4 Å². The first-order valence-electron chi connectivity index (χ1n) is 6.13. The minimum atomic E-state index is 0. The monoisotopic (exact) mass is 428 g/mol. The Labute approximate surface area is 145 Å². The van der Waals surface area contributed by atoms with Gasteiger partial charge in [0, 0.05) is 30.8 Å². The van der Waals surface area contributed by atoms with Crippen molar-refractivity contribution in [2.75, 3.05) is 37.7 Å². The van der Waals surface area contributed by atoms with E-state index in [9.17, 15) is 0 Å². The number of nitrogens with two attached hydrogens (primary N) is 1. The fourth-order valence-electron chi connectivity index (χ4n) is 1.67. The number of halogens is 2. The van der Waals surface area contributed by atoms with Crippen molar-refractivity contribution >= 4 is 53.3 Å². The summed E-state index contributed by atoms with van der Waals surface area (Å²) in [7, 11) is 0. The second-order valence-electron chi connectivity index (χ2n) is 3.98. The molecule has 20 heavy (non-hydrogen) atoms. The van der Waals surface area contributed by atoms with Gasteiger partial charge in [-0.05, 0) is 12.1 Å². The summed E-state index contributed by atoms with van der Waals surface area (Å²) in [4.78, 5) is 10.4. The van der Waals surface area contributed by atoms with E-state index in [0.717, 1.165) is 24.6 Å². The summed E-state index contributed by atoms with van der Waals surface area (Å²) in [6, 6.07) is 3.51. The third kappa shape index (κ3) is 5.53. The lowest BCUT2D eigenvalue weighted by Crippen LogP contribution is -2.42. The molecule has 1 aliphatic heterocycles. The number of guanidine groups is 1. The Morgan fingerprint density at radius 2 is 2.25 bits per heavy atom. The van der Waals surface area contributed by atoms with Crippen LogP contribution < -0.4 is 10.5 Å². The van der Waals surface area contributed by atoms with E-state index >= 15 is 0 Å². The molecule has 2 N–H and O–H groups in total. The van der Waals surface area contributed by atoms with E-state index in [4.69, 9.17) is 22.1 Å². The maximum Gasteiger partial charge on any atom is 0.232 e. The van der Waals surface area contributed by atoms with Gasteiger partial charge in [-0.2, -0.15) is 11.8 Å². The third-order valence-electron chi connectivity index (χ3n) is 2.66. The van der Waals surface area contributed by atoms with Crippen LogP contribution in [0, 0.1) is 0 Å². The minimum absolute atomic E-state index is 0. The molecule has 0 aliphatic carbocycles. The number of thioether (sulfide) groups is 1. The zero-order valence-electron chi connectivity index (χ0n) is 11.0. The molecule has 0 radical (unpaired) electrons. The topological polar surface area (TPSA) is 63.7 Å². The zero-order chi connectivity index (χ0) is 13.5. The van der Waals surface area contributed by atoms with Crippen molar-refractivity contribution in [3.8, 4) is 5.88 Å². The second kappa shape index (κ2) is 9.51. The largest absolute Gasteiger partial charge is 0.475 e. The number of rotatable bonds is 4. The first kappa shape index (κ1) is 17.6. The van der Waals surface area contributed by atoms with Gasteiger partial charge in [0.2, 0.25) is 5.88 Å². The smallest absolute Gasteiger partial charge is 0.232 e. The Bertz CT molecular complexity index is 443. The van der Waals surface area contributed by atoms with Crippen LogP contribution in [0.4, 0.5) is 0 Å². The molecule has 5 nitrogen and oxygen atoms in total. The second-order valence-corrected chi connectivity index (χ2v) is 5.61. The Balaban J connectivity index is 0.00000200. The lowest BCUT2D eigenvalue weighted by atomic mass is 10.5. The van der Waals surface area contributed by atoms with Gasteiger partial charge in [0.05, 0.1) is 6.54 Å². The fourth-order valence-corrected chi connectivity index (χ4v) is 2.75. The highest BCUT2D eigenvalue weighted by atomic mass is 127. The van der Waals surface area contributed by atoms with E-state index in [1.165, 1.54) is 0 Å². The van der Waals surface area contributed by atoms with Crippen molar-refractivity contribution in [3.63, 3.8) is 0 Å². The number of ether oxygens (including phenoxy) is 1. The van der Waals surface area contributed by atoms with E-state index in [2.05, 4.69) is 14.9 Å². The number of hydrogen-bond donors (Lipinski definition) is 1. The van der Waals surface area contributed by atoms with Gasteiger partial charge in [0.15, 0.2) is 5.96 Å². The summed E-state index contributed by atoms with van der Waals surface area (Å²) in [6.45, 7) is 2.85. The molecule has 1 aliphatic rings. The van der Waals surface area contributed by atoms with Crippen molar-refractivity contribution in [2.45, 2.75) is 0 Å². The Morgan fingerprint density at radius 1 is 1.50 bits per heavy atom. The van der Waals surface area contributed by atoms with E-state index in [0.29, 0.717) is 30.0 Å². The number of aromatic nitrogens is 1. The van der Waals surface area contributed by atoms with Crippen LogP contribution >= 0.6 is 47.3 Å². The molecule has 0 unspecified atom stereocenters. The number of nitrogens with zero attached hydrogens (tertiary/aromatic N) is 3. The Kier molecular flexibility index (Phi) is 8.39. The van der Waals surface area contributed by atoms with E-state index < -0.39 is 0 Å². The molecule has 1 aromatic rings. The van der Waals surface area contributed by atoms with Crippen LogP contribution in [0.2, 0.25) is 5.02 Å². The van der Waals surface area contributed by atoms with Crippen molar-refractivity contribution < 1.29 is 4.74 Å². The van der Waals surface area contributed by atoms with E-state index in [1.807, 2.05) is 11.8 Å². The highest BCUT2D eigenvalue weighted by Crippen LogP contribution is 2.19. The first-order valence-corrected chi connectivity index (χ1v) is 7.66. The molecule has 1 aromatic heterocycles. The number of pyridine rings is 1. The van der Waals surface area contributed by atoms with E-state index in [-0.39, 0.29) is 24.0 Å². The van der Waals surface area contributed by atoms with Gasteiger partial charge in [-0.25, -0.2) is 9.98 Å². The van der Waals surface area contributed by atoms with Crippen molar-refractivity contribution in [1.82, 2.24) is 9.88 Å². The predicted octanol–water partition coefficient (Wildman–Crippen LogP) is 2.10. The highest BCUT2D eigenvalue weighted by Gasteiger charge is 2.11. The Hall–Kier alpha value is -0.410. The summed E-state index contributed by atoms with van der Waals surface area (Å²) in [5.74, 6) is 3.25.